The van der Waals surface area contributed by atoms with E-state index in [1.807, 2.05) is 0 Å². The molecule has 1 heterocycles. The third-order valence-corrected chi connectivity index (χ3v) is 3.72. The van der Waals surface area contributed by atoms with Crippen molar-refractivity contribution < 1.29 is 19.1 Å². The van der Waals surface area contributed by atoms with E-state index in [0.717, 1.165) is 6.07 Å². The average molecular weight is 315 g/mol. The van der Waals surface area contributed by atoms with Crippen molar-refractivity contribution in [2.24, 2.45) is 5.92 Å². The molecule has 7 heteroatoms. The van der Waals surface area contributed by atoms with Gasteiger partial charge in [0.2, 0.25) is 11.8 Å². The fraction of sp³-hybridized carbons (Fsp3) is 0.429. The van der Waals surface area contributed by atoms with Gasteiger partial charge in [-0.1, -0.05) is 17.7 Å². The standard InChI is InChI=1S/C14H16ClFN2O3/c15-10-2-1-8(5-11(10)16)12(19)7-18-14(21)9-3-4-17-13(20)6-9/h1-2,5,9,12,19H,3-4,6-7H2,(H,17,20)(H,18,21). The fourth-order valence-corrected chi connectivity index (χ4v) is 2.30. The van der Waals surface area contributed by atoms with E-state index in [0.29, 0.717) is 18.5 Å². The molecule has 2 atom stereocenters. The van der Waals surface area contributed by atoms with Gasteiger partial charge in [0.1, 0.15) is 5.82 Å². The highest BCUT2D eigenvalue weighted by Gasteiger charge is 2.25. The SMILES string of the molecule is O=C1CC(C(=O)NCC(O)c2ccc(Cl)c(F)c2)CCN1. The molecule has 2 rings (SSSR count). The van der Waals surface area contributed by atoms with Gasteiger partial charge in [-0.05, 0) is 24.1 Å². The zero-order chi connectivity index (χ0) is 15.4. The number of piperidine rings is 1. The molecule has 1 aromatic carbocycles. The van der Waals surface area contributed by atoms with Crippen LogP contribution in [0.5, 0.6) is 0 Å². The van der Waals surface area contributed by atoms with E-state index >= 15 is 0 Å². The Morgan fingerprint density at radius 3 is 3.00 bits per heavy atom. The van der Waals surface area contributed by atoms with Gasteiger partial charge in [-0.15, -0.1) is 0 Å². The summed E-state index contributed by atoms with van der Waals surface area (Å²) in [5.74, 6) is -1.43. The largest absolute Gasteiger partial charge is 0.387 e. The molecule has 0 bridgehead atoms. The summed E-state index contributed by atoms with van der Waals surface area (Å²) < 4.78 is 13.3. The molecule has 0 spiro atoms. The smallest absolute Gasteiger partial charge is 0.223 e. The Hall–Kier alpha value is -1.66. The Morgan fingerprint density at radius 2 is 2.33 bits per heavy atom. The minimum atomic E-state index is -1.03. The van der Waals surface area contributed by atoms with Crippen LogP contribution in [-0.2, 0) is 9.59 Å². The Kier molecular flexibility index (Phi) is 5.14. The van der Waals surface area contributed by atoms with Crippen molar-refractivity contribution in [2.75, 3.05) is 13.1 Å². The molecule has 0 saturated carbocycles. The maximum atomic E-state index is 13.3. The number of hydrogen-bond acceptors (Lipinski definition) is 3. The molecule has 114 valence electrons. The van der Waals surface area contributed by atoms with E-state index in [4.69, 9.17) is 11.6 Å². The Balaban J connectivity index is 1.88. The Bertz CT molecular complexity index is 553. The number of halogens is 2. The molecular formula is C14H16ClFN2O3. The fourth-order valence-electron chi connectivity index (χ4n) is 2.19. The molecule has 0 radical (unpaired) electrons. The van der Waals surface area contributed by atoms with Gasteiger partial charge in [0.05, 0.1) is 11.1 Å². The highest BCUT2D eigenvalue weighted by atomic mass is 35.5. The first kappa shape index (κ1) is 15.7. The van der Waals surface area contributed by atoms with E-state index in [-0.39, 0.29) is 35.7 Å². The number of amides is 2. The Morgan fingerprint density at radius 1 is 1.57 bits per heavy atom. The number of benzene rings is 1. The second-order valence-electron chi connectivity index (χ2n) is 4.97. The van der Waals surface area contributed by atoms with Crippen molar-refractivity contribution in [1.82, 2.24) is 10.6 Å². The molecule has 1 aromatic rings. The van der Waals surface area contributed by atoms with E-state index in [2.05, 4.69) is 10.6 Å². The lowest BCUT2D eigenvalue weighted by molar-refractivity contribution is -0.132. The van der Waals surface area contributed by atoms with Crippen molar-refractivity contribution in [1.29, 1.82) is 0 Å². The number of carbonyl (C=O) groups is 2. The zero-order valence-electron chi connectivity index (χ0n) is 11.2. The van der Waals surface area contributed by atoms with Crippen LogP contribution in [-0.4, -0.2) is 30.0 Å². The number of rotatable bonds is 4. The van der Waals surface area contributed by atoms with E-state index in [1.54, 1.807) is 0 Å². The minimum Gasteiger partial charge on any atom is -0.387 e. The van der Waals surface area contributed by atoms with Gasteiger partial charge >= 0.3 is 0 Å². The van der Waals surface area contributed by atoms with Crippen LogP contribution >= 0.6 is 11.6 Å². The van der Waals surface area contributed by atoms with Crippen molar-refractivity contribution in [3.8, 4) is 0 Å². The second kappa shape index (κ2) is 6.87. The second-order valence-corrected chi connectivity index (χ2v) is 5.38. The molecule has 2 amide bonds. The molecule has 0 aliphatic carbocycles. The van der Waals surface area contributed by atoms with Crippen LogP contribution in [0.4, 0.5) is 4.39 Å². The topological polar surface area (TPSA) is 78.4 Å². The normalized spacial score (nSPS) is 19.8. The van der Waals surface area contributed by atoms with Gasteiger partial charge in [-0.25, -0.2) is 4.39 Å². The molecule has 3 N–H and O–H groups in total. The van der Waals surface area contributed by atoms with Gasteiger partial charge in [0.15, 0.2) is 0 Å². The molecule has 1 aliphatic heterocycles. The molecule has 1 saturated heterocycles. The number of hydrogen-bond donors (Lipinski definition) is 3. The zero-order valence-corrected chi connectivity index (χ0v) is 12.0. The summed E-state index contributed by atoms with van der Waals surface area (Å²) in [6.45, 7) is 0.430. The van der Waals surface area contributed by atoms with Gasteiger partial charge < -0.3 is 15.7 Å². The van der Waals surface area contributed by atoms with Crippen molar-refractivity contribution in [3.05, 3.63) is 34.6 Å². The van der Waals surface area contributed by atoms with Crippen LogP contribution < -0.4 is 10.6 Å². The maximum Gasteiger partial charge on any atom is 0.223 e. The van der Waals surface area contributed by atoms with Crippen LogP contribution in [0.2, 0.25) is 5.02 Å². The summed E-state index contributed by atoms with van der Waals surface area (Å²) >= 11 is 5.56. The van der Waals surface area contributed by atoms with E-state index < -0.39 is 11.9 Å². The summed E-state index contributed by atoms with van der Waals surface area (Å²) in [7, 11) is 0. The molecule has 2 unspecified atom stereocenters. The number of carbonyl (C=O) groups excluding carboxylic acids is 2. The average Bonchev–Trinajstić information content (AvgIpc) is 2.47. The van der Waals surface area contributed by atoms with Gasteiger partial charge in [0, 0.05) is 25.4 Å². The molecule has 1 fully saturated rings. The highest BCUT2D eigenvalue weighted by molar-refractivity contribution is 6.30. The lowest BCUT2D eigenvalue weighted by Gasteiger charge is -2.22. The monoisotopic (exact) mass is 314 g/mol. The van der Waals surface area contributed by atoms with Crippen molar-refractivity contribution in [2.45, 2.75) is 18.9 Å². The highest BCUT2D eigenvalue weighted by Crippen LogP contribution is 2.20. The predicted molar refractivity (Wildman–Crippen MR) is 75.1 cm³/mol. The summed E-state index contributed by atoms with van der Waals surface area (Å²) in [5, 5.41) is 15.1. The molecule has 1 aliphatic rings. The quantitative estimate of drug-likeness (QED) is 0.780. The lowest BCUT2D eigenvalue weighted by Crippen LogP contribution is -2.42. The van der Waals surface area contributed by atoms with Crippen LogP contribution in [0.1, 0.15) is 24.5 Å². The van der Waals surface area contributed by atoms with Crippen LogP contribution in [0.15, 0.2) is 18.2 Å². The Labute approximate surface area is 126 Å². The van der Waals surface area contributed by atoms with Crippen LogP contribution in [0.25, 0.3) is 0 Å². The third-order valence-electron chi connectivity index (χ3n) is 3.42. The summed E-state index contributed by atoms with van der Waals surface area (Å²) in [6, 6.07) is 3.98. The number of aliphatic hydroxyl groups is 1. The van der Waals surface area contributed by atoms with Crippen LogP contribution in [0, 0.1) is 11.7 Å². The first-order chi connectivity index (χ1) is 9.97. The third kappa shape index (κ3) is 4.15. The molecular weight excluding hydrogens is 299 g/mol. The van der Waals surface area contributed by atoms with Gasteiger partial charge in [0.25, 0.3) is 0 Å². The van der Waals surface area contributed by atoms with Crippen LogP contribution in [0.3, 0.4) is 0 Å². The lowest BCUT2D eigenvalue weighted by atomic mass is 9.96. The summed E-state index contributed by atoms with van der Waals surface area (Å²) in [5.41, 5.74) is 0.332. The molecule has 5 nitrogen and oxygen atoms in total. The van der Waals surface area contributed by atoms with Gasteiger partial charge in [-0.3, -0.25) is 9.59 Å². The van der Waals surface area contributed by atoms with Gasteiger partial charge in [-0.2, -0.15) is 0 Å². The predicted octanol–water partition coefficient (Wildman–Crippen LogP) is 1.15. The minimum absolute atomic E-state index is 0.0248. The first-order valence-electron chi connectivity index (χ1n) is 6.65. The van der Waals surface area contributed by atoms with E-state index in [1.165, 1.54) is 12.1 Å². The van der Waals surface area contributed by atoms with Crippen molar-refractivity contribution in [3.63, 3.8) is 0 Å². The number of nitrogens with one attached hydrogen (secondary N) is 2. The maximum absolute atomic E-state index is 13.3. The van der Waals surface area contributed by atoms with E-state index in [9.17, 15) is 19.1 Å². The summed E-state index contributed by atoms with van der Waals surface area (Å²) in [6.07, 6.45) is -0.307. The molecule has 21 heavy (non-hydrogen) atoms. The first-order valence-corrected chi connectivity index (χ1v) is 7.02. The number of aliphatic hydroxyl groups excluding tert-OH is 1. The summed E-state index contributed by atoms with van der Waals surface area (Å²) in [4.78, 5) is 23.1. The van der Waals surface area contributed by atoms with Crippen molar-refractivity contribution >= 4 is 23.4 Å². The molecule has 0 aromatic heterocycles.